The van der Waals surface area contributed by atoms with Gasteiger partial charge in [0.15, 0.2) is 0 Å². The first-order chi connectivity index (χ1) is 8.66. The summed E-state index contributed by atoms with van der Waals surface area (Å²) in [7, 11) is 0. The summed E-state index contributed by atoms with van der Waals surface area (Å²) in [6, 6.07) is 8.36. The lowest BCUT2D eigenvalue weighted by Crippen LogP contribution is -1.95. The number of thiol groups is 2. The van der Waals surface area contributed by atoms with E-state index in [0.717, 1.165) is 16.4 Å². The van der Waals surface area contributed by atoms with Gasteiger partial charge in [-0.05, 0) is 17.0 Å². The summed E-state index contributed by atoms with van der Waals surface area (Å²) in [5, 5.41) is 2.77. The van der Waals surface area contributed by atoms with Crippen molar-refractivity contribution in [3.63, 3.8) is 0 Å². The van der Waals surface area contributed by atoms with E-state index in [1.165, 1.54) is 10.5 Å². The quantitative estimate of drug-likeness (QED) is 0.698. The lowest BCUT2D eigenvalue weighted by molar-refractivity contribution is 1.14. The van der Waals surface area contributed by atoms with Gasteiger partial charge in [0.05, 0.1) is 4.58 Å². The highest BCUT2D eigenvalue weighted by Gasteiger charge is 2.21. The predicted octanol–water partition coefficient (Wildman–Crippen LogP) is 5.35. The molecule has 1 aliphatic heterocycles. The minimum atomic E-state index is 0.475. The molecule has 2 unspecified atom stereocenters. The molecule has 0 saturated heterocycles. The van der Waals surface area contributed by atoms with Crippen molar-refractivity contribution in [3.8, 4) is 0 Å². The monoisotopic (exact) mass is 332 g/mol. The molecule has 0 radical (unpaired) electrons. The number of benzene rings is 1. The van der Waals surface area contributed by atoms with Crippen molar-refractivity contribution < 1.29 is 0 Å². The highest BCUT2D eigenvalue weighted by Crippen LogP contribution is 2.52. The van der Waals surface area contributed by atoms with Gasteiger partial charge in [-0.3, -0.25) is 0 Å². The van der Waals surface area contributed by atoms with Crippen LogP contribution in [0.1, 0.15) is 17.1 Å². The minimum absolute atomic E-state index is 0.475. The summed E-state index contributed by atoms with van der Waals surface area (Å²) >= 11 is 14.8. The van der Waals surface area contributed by atoms with E-state index in [4.69, 9.17) is 0 Å². The number of hydrogen-bond donors (Lipinski definition) is 2. The van der Waals surface area contributed by atoms with E-state index < -0.39 is 0 Å². The third-order valence-electron chi connectivity index (χ3n) is 2.38. The molecular formula is C13H16S5. The van der Waals surface area contributed by atoms with Gasteiger partial charge in [-0.1, -0.05) is 25.1 Å². The van der Waals surface area contributed by atoms with Crippen molar-refractivity contribution in [2.75, 3.05) is 11.5 Å². The van der Waals surface area contributed by atoms with Gasteiger partial charge in [-0.2, -0.15) is 24.4 Å². The van der Waals surface area contributed by atoms with Crippen LogP contribution in [0.3, 0.4) is 0 Å². The second-order valence-corrected chi connectivity index (χ2v) is 9.00. The van der Waals surface area contributed by atoms with Gasteiger partial charge in [0.1, 0.15) is 0 Å². The Morgan fingerprint density at radius 2 is 2.17 bits per heavy atom. The Labute approximate surface area is 133 Å². The summed E-state index contributed by atoms with van der Waals surface area (Å²) < 4.78 is 0.475. The van der Waals surface area contributed by atoms with Crippen molar-refractivity contribution in [3.05, 3.63) is 40.1 Å². The van der Waals surface area contributed by atoms with E-state index in [-0.39, 0.29) is 0 Å². The molecule has 1 heterocycles. The fourth-order valence-electron chi connectivity index (χ4n) is 1.55. The molecule has 0 aliphatic carbocycles. The van der Waals surface area contributed by atoms with Crippen LogP contribution < -0.4 is 0 Å². The standard InChI is InChI=1S/C13H16S5/c1-9(14)6-16-7-10-8-17-13(18-10)11-4-2-3-5-12(11)15/h2-5,8-9,13-15H,6-7H2,1H3. The van der Waals surface area contributed by atoms with Crippen LogP contribution in [0.15, 0.2) is 39.5 Å². The summed E-state index contributed by atoms with van der Waals surface area (Å²) in [6.45, 7) is 2.14. The van der Waals surface area contributed by atoms with Crippen LogP contribution in [-0.4, -0.2) is 16.8 Å². The molecule has 98 valence electrons. The van der Waals surface area contributed by atoms with Crippen molar-refractivity contribution in [2.24, 2.45) is 0 Å². The van der Waals surface area contributed by atoms with E-state index in [0.29, 0.717) is 9.83 Å². The second kappa shape index (κ2) is 7.48. The van der Waals surface area contributed by atoms with Crippen LogP contribution in [0, 0.1) is 0 Å². The maximum atomic E-state index is 4.53. The minimum Gasteiger partial charge on any atom is -0.175 e. The van der Waals surface area contributed by atoms with Crippen LogP contribution in [0.4, 0.5) is 0 Å². The normalized spacial score (nSPS) is 20.8. The zero-order chi connectivity index (χ0) is 13.0. The number of hydrogen-bond acceptors (Lipinski definition) is 5. The molecule has 0 spiro atoms. The molecule has 18 heavy (non-hydrogen) atoms. The highest BCUT2D eigenvalue weighted by molar-refractivity contribution is 8.22. The van der Waals surface area contributed by atoms with Crippen molar-refractivity contribution in [2.45, 2.75) is 21.7 Å². The molecule has 0 amide bonds. The fourth-order valence-corrected chi connectivity index (χ4v) is 6.17. The van der Waals surface area contributed by atoms with Crippen LogP contribution in [-0.2, 0) is 0 Å². The Hall–Kier alpha value is 0.710. The van der Waals surface area contributed by atoms with E-state index in [1.807, 2.05) is 41.4 Å². The molecule has 1 aromatic rings. The first-order valence-corrected chi connectivity index (χ1v) is 9.66. The molecule has 0 saturated carbocycles. The smallest absolute Gasteiger partial charge is 0.0847 e. The van der Waals surface area contributed by atoms with Gasteiger partial charge in [-0.25, -0.2) is 0 Å². The van der Waals surface area contributed by atoms with E-state index >= 15 is 0 Å². The maximum absolute atomic E-state index is 4.53. The Kier molecular flexibility index (Phi) is 6.28. The van der Waals surface area contributed by atoms with Gasteiger partial charge >= 0.3 is 0 Å². The van der Waals surface area contributed by atoms with Gasteiger partial charge < -0.3 is 0 Å². The van der Waals surface area contributed by atoms with Gasteiger partial charge in [0, 0.05) is 26.6 Å². The molecular weight excluding hydrogens is 316 g/mol. The zero-order valence-electron chi connectivity index (χ0n) is 10.1. The van der Waals surface area contributed by atoms with Crippen LogP contribution in [0.5, 0.6) is 0 Å². The molecule has 0 N–H and O–H groups in total. The molecule has 1 aromatic carbocycles. The van der Waals surface area contributed by atoms with E-state index in [1.54, 1.807) is 0 Å². The Bertz CT molecular complexity index is 427. The highest BCUT2D eigenvalue weighted by atomic mass is 32.2. The molecule has 0 aromatic heterocycles. The van der Waals surface area contributed by atoms with E-state index in [2.05, 4.69) is 55.8 Å². The van der Waals surface area contributed by atoms with Crippen molar-refractivity contribution in [1.29, 1.82) is 0 Å². The first-order valence-electron chi connectivity index (χ1n) is 5.71. The maximum Gasteiger partial charge on any atom is 0.0847 e. The third kappa shape index (κ3) is 4.37. The summed E-state index contributed by atoms with van der Waals surface area (Å²) in [6.07, 6.45) is 0. The molecule has 2 rings (SSSR count). The molecule has 0 fully saturated rings. The lowest BCUT2D eigenvalue weighted by atomic mass is 10.2. The van der Waals surface area contributed by atoms with Crippen LogP contribution in [0.25, 0.3) is 0 Å². The van der Waals surface area contributed by atoms with Gasteiger partial charge in [0.2, 0.25) is 0 Å². The van der Waals surface area contributed by atoms with Crippen LogP contribution in [0.2, 0.25) is 0 Å². The summed E-state index contributed by atoms with van der Waals surface area (Å²) in [5.41, 5.74) is 1.33. The van der Waals surface area contributed by atoms with Crippen molar-refractivity contribution in [1.82, 2.24) is 0 Å². The predicted molar refractivity (Wildman–Crippen MR) is 95.5 cm³/mol. The topological polar surface area (TPSA) is 0 Å². The number of thioether (sulfide) groups is 3. The largest absolute Gasteiger partial charge is 0.175 e. The van der Waals surface area contributed by atoms with Gasteiger partial charge in [-0.15, -0.1) is 36.2 Å². The van der Waals surface area contributed by atoms with Gasteiger partial charge in [0.25, 0.3) is 0 Å². The second-order valence-electron chi connectivity index (χ2n) is 4.09. The summed E-state index contributed by atoms with van der Waals surface area (Å²) in [4.78, 5) is 2.56. The lowest BCUT2D eigenvalue weighted by Gasteiger charge is -2.12. The first kappa shape index (κ1) is 15.1. The Morgan fingerprint density at radius 1 is 1.39 bits per heavy atom. The van der Waals surface area contributed by atoms with E-state index in [9.17, 15) is 0 Å². The average Bonchev–Trinajstić information content (AvgIpc) is 2.78. The Morgan fingerprint density at radius 3 is 2.89 bits per heavy atom. The zero-order valence-corrected chi connectivity index (χ0v) is 14.3. The van der Waals surface area contributed by atoms with Crippen LogP contribution >= 0.6 is 60.5 Å². The molecule has 0 bridgehead atoms. The van der Waals surface area contributed by atoms with Crippen molar-refractivity contribution >= 4 is 60.5 Å². The average molecular weight is 333 g/mol. The number of rotatable bonds is 5. The molecule has 2 atom stereocenters. The molecule has 1 aliphatic rings. The molecule has 0 nitrogen and oxygen atoms in total. The third-order valence-corrected chi connectivity index (χ3v) is 7.37. The SMILES string of the molecule is CC(S)CSCC1=CSC(c2ccccc2S)S1. The Balaban J connectivity index is 1.86. The molecule has 5 heteroatoms. The fraction of sp³-hybridized carbons (Fsp3) is 0.385. The summed E-state index contributed by atoms with van der Waals surface area (Å²) in [5.74, 6) is 2.22.